The molecule has 2 aromatic rings. The molecule has 1 aliphatic heterocycles. The molecule has 1 aliphatic rings. The second kappa shape index (κ2) is 6.65. The first-order valence-corrected chi connectivity index (χ1v) is 8.22. The van der Waals surface area contributed by atoms with Gasteiger partial charge < -0.3 is 14.7 Å². The Bertz CT molecular complexity index is 787. The van der Waals surface area contributed by atoms with Crippen LogP contribution in [0, 0.1) is 6.92 Å². The van der Waals surface area contributed by atoms with E-state index in [4.69, 9.17) is 16.1 Å². The van der Waals surface area contributed by atoms with Gasteiger partial charge >= 0.3 is 0 Å². The van der Waals surface area contributed by atoms with E-state index < -0.39 is 6.04 Å². The van der Waals surface area contributed by atoms with Crippen molar-refractivity contribution in [2.75, 3.05) is 11.4 Å². The molecule has 1 unspecified atom stereocenters. The highest BCUT2D eigenvalue weighted by Gasteiger charge is 2.34. The molecule has 0 radical (unpaired) electrons. The van der Waals surface area contributed by atoms with Crippen LogP contribution in [-0.2, 0) is 11.2 Å². The number of nitrogens with one attached hydrogen (secondary N) is 1. The number of benzene rings is 1. The lowest BCUT2D eigenvalue weighted by molar-refractivity contribution is -0.118. The van der Waals surface area contributed by atoms with Crippen molar-refractivity contribution in [2.45, 2.75) is 32.7 Å². The van der Waals surface area contributed by atoms with Crippen molar-refractivity contribution < 1.29 is 14.1 Å². The SMILES string of the molecule is CCc1noc(C)c1C(=O)NC1CCN(c2cccc(Cl)c2)C1=O. The van der Waals surface area contributed by atoms with Gasteiger partial charge in [0, 0.05) is 17.3 Å². The van der Waals surface area contributed by atoms with Gasteiger partial charge in [0.1, 0.15) is 17.4 Å². The van der Waals surface area contributed by atoms with Crippen molar-refractivity contribution in [2.24, 2.45) is 0 Å². The molecule has 3 rings (SSSR count). The highest BCUT2D eigenvalue weighted by atomic mass is 35.5. The second-order valence-electron chi connectivity index (χ2n) is 5.70. The van der Waals surface area contributed by atoms with Crippen LogP contribution in [0.1, 0.15) is 35.2 Å². The van der Waals surface area contributed by atoms with E-state index in [2.05, 4.69) is 10.5 Å². The first kappa shape index (κ1) is 16.5. The lowest BCUT2D eigenvalue weighted by atomic mass is 10.1. The van der Waals surface area contributed by atoms with Crippen LogP contribution in [-0.4, -0.2) is 29.6 Å². The lowest BCUT2D eigenvalue weighted by Gasteiger charge is -2.17. The Morgan fingerprint density at radius 2 is 2.29 bits per heavy atom. The molecule has 1 aromatic heterocycles. The third-order valence-electron chi connectivity index (χ3n) is 4.13. The Kier molecular flexibility index (Phi) is 4.57. The number of hydrogen-bond donors (Lipinski definition) is 1. The summed E-state index contributed by atoms with van der Waals surface area (Å²) in [5.41, 5.74) is 1.76. The molecule has 6 nitrogen and oxygen atoms in total. The van der Waals surface area contributed by atoms with Gasteiger partial charge in [0.15, 0.2) is 0 Å². The van der Waals surface area contributed by atoms with Crippen LogP contribution < -0.4 is 10.2 Å². The Morgan fingerprint density at radius 1 is 1.50 bits per heavy atom. The lowest BCUT2D eigenvalue weighted by Crippen LogP contribution is -2.41. The van der Waals surface area contributed by atoms with Crippen LogP contribution in [0.5, 0.6) is 0 Å². The van der Waals surface area contributed by atoms with E-state index in [0.29, 0.717) is 41.4 Å². The Labute approximate surface area is 144 Å². The molecular formula is C17H18ClN3O3. The second-order valence-corrected chi connectivity index (χ2v) is 6.13. The molecule has 2 amide bonds. The minimum Gasteiger partial charge on any atom is -0.361 e. The van der Waals surface area contributed by atoms with E-state index in [-0.39, 0.29) is 11.8 Å². The fourth-order valence-corrected chi connectivity index (χ4v) is 3.08. The molecule has 0 aliphatic carbocycles. The number of anilines is 1. The van der Waals surface area contributed by atoms with Crippen LogP contribution in [0.15, 0.2) is 28.8 Å². The predicted octanol–water partition coefficient (Wildman–Crippen LogP) is 2.73. The predicted molar refractivity (Wildman–Crippen MR) is 90.3 cm³/mol. The summed E-state index contributed by atoms with van der Waals surface area (Å²) < 4.78 is 5.08. The Balaban J connectivity index is 1.74. The van der Waals surface area contributed by atoms with Gasteiger partial charge in [-0.05, 0) is 38.0 Å². The third kappa shape index (κ3) is 3.01. The molecule has 126 valence electrons. The quantitative estimate of drug-likeness (QED) is 0.922. The zero-order chi connectivity index (χ0) is 17.3. The number of aryl methyl sites for hydroxylation is 2. The number of carbonyl (C=O) groups excluding carboxylic acids is 2. The maximum Gasteiger partial charge on any atom is 0.257 e. The first-order valence-electron chi connectivity index (χ1n) is 7.84. The number of halogens is 1. The van der Waals surface area contributed by atoms with Crippen LogP contribution in [0.4, 0.5) is 5.69 Å². The van der Waals surface area contributed by atoms with Crippen molar-refractivity contribution >= 4 is 29.1 Å². The number of hydrogen-bond acceptors (Lipinski definition) is 4. The summed E-state index contributed by atoms with van der Waals surface area (Å²) in [5.74, 6) is -0.00356. The van der Waals surface area contributed by atoms with Gasteiger partial charge in [-0.15, -0.1) is 0 Å². The molecule has 0 spiro atoms. The normalized spacial score (nSPS) is 17.4. The minimum absolute atomic E-state index is 0.141. The van der Waals surface area contributed by atoms with E-state index in [0.717, 1.165) is 5.69 Å². The summed E-state index contributed by atoms with van der Waals surface area (Å²) in [6.45, 7) is 4.12. The molecular weight excluding hydrogens is 330 g/mol. The molecule has 1 N–H and O–H groups in total. The minimum atomic E-state index is -0.560. The average Bonchev–Trinajstić information content (AvgIpc) is 3.10. The van der Waals surface area contributed by atoms with Crippen LogP contribution >= 0.6 is 11.6 Å². The molecule has 0 bridgehead atoms. The van der Waals surface area contributed by atoms with Crippen molar-refractivity contribution in [3.8, 4) is 0 Å². The fourth-order valence-electron chi connectivity index (χ4n) is 2.89. The number of amides is 2. The van der Waals surface area contributed by atoms with Crippen molar-refractivity contribution in [3.63, 3.8) is 0 Å². The first-order chi connectivity index (χ1) is 11.5. The fraction of sp³-hybridized carbons (Fsp3) is 0.353. The monoisotopic (exact) mass is 347 g/mol. The zero-order valence-corrected chi connectivity index (χ0v) is 14.3. The standard InChI is InChI=1S/C17H18ClN3O3/c1-3-13-15(10(2)24-20-13)16(22)19-14-7-8-21(17(14)23)12-6-4-5-11(18)9-12/h4-6,9,14H,3,7-8H2,1-2H3,(H,19,22). The molecule has 1 atom stereocenters. The van der Waals surface area contributed by atoms with E-state index in [1.165, 1.54) is 0 Å². The topological polar surface area (TPSA) is 75.4 Å². The molecule has 0 saturated carbocycles. The van der Waals surface area contributed by atoms with Gasteiger partial charge in [0.25, 0.3) is 5.91 Å². The maximum atomic E-state index is 12.6. The smallest absolute Gasteiger partial charge is 0.257 e. The van der Waals surface area contributed by atoms with Crippen molar-refractivity contribution in [1.82, 2.24) is 10.5 Å². The van der Waals surface area contributed by atoms with Gasteiger partial charge in [0.05, 0.1) is 5.69 Å². The molecule has 1 aromatic carbocycles. The number of aromatic nitrogens is 1. The van der Waals surface area contributed by atoms with Gasteiger partial charge in [-0.25, -0.2) is 0 Å². The van der Waals surface area contributed by atoms with Gasteiger partial charge in [-0.2, -0.15) is 0 Å². The van der Waals surface area contributed by atoms with Gasteiger partial charge in [-0.3, -0.25) is 9.59 Å². The largest absolute Gasteiger partial charge is 0.361 e. The number of carbonyl (C=O) groups is 2. The van der Waals surface area contributed by atoms with E-state index in [1.54, 1.807) is 30.0 Å². The summed E-state index contributed by atoms with van der Waals surface area (Å²) in [5, 5.41) is 7.24. The third-order valence-corrected chi connectivity index (χ3v) is 4.36. The molecule has 1 saturated heterocycles. The summed E-state index contributed by atoms with van der Waals surface area (Å²) in [6.07, 6.45) is 1.14. The molecule has 24 heavy (non-hydrogen) atoms. The number of nitrogens with zero attached hydrogens (tertiary/aromatic N) is 2. The highest BCUT2D eigenvalue weighted by Crippen LogP contribution is 2.25. The van der Waals surface area contributed by atoms with Crippen LogP contribution in [0.25, 0.3) is 0 Å². The van der Waals surface area contributed by atoms with Crippen molar-refractivity contribution in [1.29, 1.82) is 0 Å². The molecule has 2 heterocycles. The van der Waals surface area contributed by atoms with Gasteiger partial charge in [0.2, 0.25) is 5.91 Å². The molecule has 7 heteroatoms. The van der Waals surface area contributed by atoms with Crippen LogP contribution in [0.3, 0.4) is 0 Å². The average molecular weight is 348 g/mol. The van der Waals surface area contributed by atoms with Gasteiger partial charge in [-0.1, -0.05) is 29.7 Å². The highest BCUT2D eigenvalue weighted by molar-refractivity contribution is 6.31. The van der Waals surface area contributed by atoms with Crippen molar-refractivity contribution in [3.05, 3.63) is 46.3 Å². The Hall–Kier alpha value is -2.34. The van der Waals surface area contributed by atoms with E-state index >= 15 is 0 Å². The maximum absolute atomic E-state index is 12.6. The zero-order valence-electron chi connectivity index (χ0n) is 13.5. The molecule has 1 fully saturated rings. The van der Waals surface area contributed by atoms with Crippen LogP contribution in [0.2, 0.25) is 5.02 Å². The Morgan fingerprint density at radius 3 is 3.00 bits per heavy atom. The van der Waals surface area contributed by atoms with E-state index in [9.17, 15) is 9.59 Å². The summed E-state index contributed by atoms with van der Waals surface area (Å²) >= 11 is 5.98. The summed E-state index contributed by atoms with van der Waals surface area (Å²) in [4.78, 5) is 26.7. The van der Waals surface area contributed by atoms with E-state index in [1.807, 2.05) is 13.0 Å². The summed E-state index contributed by atoms with van der Waals surface area (Å²) in [7, 11) is 0. The number of rotatable bonds is 4. The summed E-state index contributed by atoms with van der Waals surface area (Å²) in [6, 6.07) is 6.56.